The first-order valence-corrected chi connectivity index (χ1v) is 6.69. The molecule has 106 valence electrons. The number of benzene rings is 2. The molecule has 6 heteroatoms. The van der Waals surface area contributed by atoms with E-state index in [1.807, 2.05) is 54.6 Å². The van der Waals surface area contributed by atoms with Crippen LogP contribution in [0.4, 0.5) is 0 Å². The molecule has 3 rings (SSSR count). The van der Waals surface area contributed by atoms with E-state index in [1.54, 1.807) is 4.68 Å². The Bertz CT molecular complexity index is 754. The maximum absolute atomic E-state index is 11.0. The summed E-state index contributed by atoms with van der Waals surface area (Å²) in [6.07, 6.45) is 0.551. The van der Waals surface area contributed by atoms with Gasteiger partial charge in [0.1, 0.15) is 11.6 Å². The summed E-state index contributed by atoms with van der Waals surface area (Å²) in [6.45, 7) is -0.178. The van der Waals surface area contributed by atoms with E-state index in [9.17, 15) is 10.1 Å². The summed E-state index contributed by atoms with van der Waals surface area (Å²) >= 11 is 0. The summed E-state index contributed by atoms with van der Waals surface area (Å²) < 4.78 is 1.66. The van der Waals surface area contributed by atoms with E-state index in [2.05, 4.69) is 10.3 Å². The molecule has 0 aliphatic rings. The van der Waals surface area contributed by atoms with Crippen molar-refractivity contribution >= 4 is 11.0 Å². The zero-order valence-corrected chi connectivity index (χ0v) is 11.3. The van der Waals surface area contributed by atoms with E-state index in [-0.39, 0.29) is 17.5 Å². The van der Waals surface area contributed by atoms with Crippen LogP contribution in [0.5, 0.6) is 0 Å². The summed E-state index contributed by atoms with van der Waals surface area (Å²) in [7, 11) is 0. The zero-order valence-electron chi connectivity index (χ0n) is 11.3. The molecule has 0 N–H and O–H groups in total. The van der Waals surface area contributed by atoms with Gasteiger partial charge in [0.15, 0.2) is 0 Å². The Morgan fingerprint density at radius 2 is 1.81 bits per heavy atom. The summed E-state index contributed by atoms with van der Waals surface area (Å²) in [5.41, 5.74) is 2.61. The fourth-order valence-corrected chi connectivity index (χ4v) is 2.44. The topological polar surface area (TPSA) is 73.8 Å². The van der Waals surface area contributed by atoms with E-state index >= 15 is 0 Å². The molecule has 0 aliphatic carbocycles. The number of hydrogen-bond acceptors (Lipinski definition) is 4. The second-order valence-corrected chi connectivity index (χ2v) is 4.88. The molecule has 0 bridgehead atoms. The van der Waals surface area contributed by atoms with E-state index in [0.717, 1.165) is 16.6 Å². The van der Waals surface area contributed by atoms with Gasteiger partial charge in [-0.1, -0.05) is 47.7 Å². The molecule has 2 aromatic carbocycles. The molecule has 0 saturated carbocycles. The van der Waals surface area contributed by atoms with Crippen LogP contribution in [0.25, 0.3) is 11.0 Å². The normalized spacial score (nSPS) is 12.4. The second kappa shape index (κ2) is 5.70. The molecule has 1 unspecified atom stereocenters. The lowest BCUT2D eigenvalue weighted by atomic mass is 10.1. The average Bonchev–Trinajstić information content (AvgIpc) is 2.91. The summed E-state index contributed by atoms with van der Waals surface area (Å²) in [4.78, 5) is 10.7. The van der Waals surface area contributed by atoms with Gasteiger partial charge in [0.05, 0.1) is 5.52 Å². The van der Waals surface area contributed by atoms with Crippen molar-refractivity contribution in [3.8, 4) is 0 Å². The number of para-hydroxylation sites is 1. The Hall–Kier alpha value is -2.76. The van der Waals surface area contributed by atoms with Gasteiger partial charge in [0, 0.05) is 11.3 Å². The summed E-state index contributed by atoms with van der Waals surface area (Å²) in [5, 5.41) is 19.2. The van der Waals surface area contributed by atoms with Gasteiger partial charge in [-0.25, -0.2) is 4.68 Å². The Morgan fingerprint density at radius 1 is 1.10 bits per heavy atom. The number of aromatic nitrogens is 3. The molecule has 1 heterocycles. The molecular formula is C15H14N4O2. The van der Waals surface area contributed by atoms with Crippen molar-refractivity contribution in [3.63, 3.8) is 0 Å². The molecule has 0 radical (unpaired) electrons. The largest absolute Gasteiger partial charge is 0.264 e. The Labute approximate surface area is 121 Å². The summed E-state index contributed by atoms with van der Waals surface area (Å²) in [5.74, 6) is 0. The highest BCUT2D eigenvalue weighted by molar-refractivity contribution is 5.74. The van der Waals surface area contributed by atoms with E-state index in [1.165, 1.54) is 0 Å². The van der Waals surface area contributed by atoms with Gasteiger partial charge < -0.3 is 0 Å². The van der Waals surface area contributed by atoms with Gasteiger partial charge in [0.25, 0.3) is 0 Å². The molecule has 6 nitrogen and oxygen atoms in total. The lowest BCUT2D eigenvalue weighted by molar-refractivity contribution is -0.486. The summed E-state index contributed by atoms with van der Waals surface area (Å²) in [6, 6.07) is 16.9. The molecule has 0 fully saturated rings. The first-order valence-electron chi connectivity index (χ1n) is 6.69. The van der Waals surface area contributed by atoms with Crippen LogP contribution in [-0.2, 0) is 6.42 Å². The zero-order chi connectivity index (χ0) is 14.7. The van der Waals surface area contributed by atoms with Crippen LogP contribution in [0.3, 0.4) is 0 Å². The monoisotopic (exact) mass is 282 g/mol. The van der Waals surface area contributed by atoms with E-state index in [4.69, 9.17) is 0 Å². The van der Waals surface area contributed by atoms with Gasteiger partial charge >= 0.3 is 0 Å². The van der Waals surface area contributed by atoms with Crippen LogP contribution in [0.1, 0.15) is 11.6 Å². The maximum atomic E-state index is 11.0. The number of hydrogen-bond donors (Lipinski definition) is 0. The minimum Gasteiger partial charge on any atom is -0.264 e. The van der Waals surface area contributed by atoms with Crippen LogP contribution in [-0.4, -0.2) is 26.5 Å². The van der Waals surface area contributed by atoms with Crippen LogP contribution in [0.15, 0.2) is 54.6 Å². The maximum Gasteiger partial charge on any atom is 0.226 e. The highest BCUT2D eigenvalue weighted by Gasteiger charge is 2.21. The first kappa shape index (κ1) is 13.2. The van der Waals surface area contributed by atoms with Crippen molar-refractivity contribution in [2.24, 2.45) is 0 Å². The Morgan fingerprint density at radius 3 is 2.57 bits per heavy atom. The average molecular weight is 282 g/mol. The van der Waals surface area contributed by atoms with Crippen molar-refractivity contribution in [1.29, 1.82) is 0 Å². The van der Waals surface area contributed by atoms with Crippen molar-refractivity contribution < 1.29 is 4.92 Å². The van der Waals surface area contributed by atoms with Gasteiger partial charge in [0.2, 0.25) is 6.54 Å². The fourth-order valence-electron chi connectivity index (χ4n) is 2.44. The third-order valence-electron chi connectivity index (χ3n) is 3.40. The highest BCUT2D eigenvalue weighted by atomic mass is 16.6. The smallest absolute Gasteiger partial charge is 0.226 e. The van der Waals surface area contributed by atoms with Crippen LogP contribution >= 0.6 is 0 Å². The quantitative estimate of drug-likeness (QED) is 0.532. The minimum absolute atomic E-state index is 0.178. The second-order valence-electron chi connectivity index (χ2n) is 4.88. The van der Waals surface area contributed by atoms with Crippen molar-refractivity contribution in [3.05, 3.63) is 70.3 Å². The minimum atomic E-state index is -0.352. The Balaban J connectivity index is 1.97. The number of nitro groups is 1. The number of rotatable bonds is 5. The SMILES string of the molecule is O=[N+]([O-])CC(Cc1ccccc1)n1nnc2ccccc21. The molecule has 21 heavy (non-hydrogen) atoms. The third kappa shape index (κ3) is 2.89. The lowest BCUT2D eigenvalue weighted by Gasteiger charge is -2.14. The van der Waals surface area contributed by atoms with Crippen LogP contribution in [0, 0.1) is 10.1 Å². The van der Waals surface area contributed by atoms with Crippen LogP contribution < -0.4 is 0 Å². The highest BCUT2D eigenvalue weighted by Crippen LogP contribution is 2.19. The van der Waals surface area contributed by atoms with Gasteiger partial charge in [-0.15, -0.1) is 5.10 Å². The van der Waals surface area contributed by atoms with Crippen molar-refractivity contribution in [1.82, 2.24) is 15.0 Å². The number of fused-ring (bicyclic) bond motifs is 1. The Kier molecular flexibility index (Phi) is 3.59. The molecule has 0 spiro atoms. The molecule has 0 saturated heterocycles. The van der Waals surface area contributed by atoms with Crippen LogP contribution in [0.2, 0.25) is 0 Å². The van der Waals surface area contributed by atoms with Crippen molar-refractivity contribution in [2.45, 2.75) is 12.5 Å². The predicted octanol–water partition coefficient (Wildman–Crippen LogP) is 2.49. The van der Waals surface area contributed by atoms with Crippen molar-refractivity contribution in [2.75, 3.05) is 6.54 Å². The number of nitrogens with zero attached hydrogens (tertiary/aromatic N) is 4. The fraction of sp³-hybridized carbons (Fsp3) is 0.200. The molecule has 1 atom stereocenters. The van der Waals surface area contributed by atoms with Gasteiger partial charge in [-0.3, -0.25) is 10.1 Å². The molecule has 3 aromatic rings. The van der Waals surface area contributed by atoms with Gasteiger partial charge in [-0.2, -0.15) is 0 Å². The molecular weight excluding hydrogens is 268 g/mol. The molecule has 0 aliphatic heterocycles. The van der Waals surface area contributed by atoms with E-state index < -0.39 is 0 Å². The van der Waals surface area contributed by atoms with E-state index in [0.29, 0.717) is 6.42 Å². The van der Waals surface area contributed by atoms with Gasteiger partial charge in [-0.05, 0) is 17.7 Å². The third-order valence-corrected chi connectivity index (χ3v) is 3.40. The molecule has 0 amide bonds. The predicted molar refractivity (Wildman–Crippen MR) is 78.6 cm³/mol. The standard InChI is InChI=1S/C15H14N4O2/c20-18(21)11-13(10-12-6-2-1-3-7-12)19-15-9-5-4-8-14(15)16-17-19/h1-9,13H,10-11H2. The molecule has 1 aromatic heterocycles. The lowest BCUT2D eigenvalue weighted by Crippen LogP contribution is -2.22. The first-order chi connectivity index (χ1) is 10.2.